The van der Waals surface area contributed by atoms with Crippen molar-refractivity contribution in [3.05, 3.63) is 53.7 Å². The zero-order chi connectivity index (χ0) is 17.2. The molecule has 130 valence electrons. The number of hydrogen-bond acceptors (Lipinski definition) is 4. The molecule has 2 N–H and O–H groups in total. The molecule has 0 saturated heterocycles. The predicted molar refractivity (Wildman–Crippen MR) is 100 cm³/mol. The van der Waals surface area contributed by atoms with E-state index in [9.17, 15) is 4.79 Å². The van der Waals surface area contributed by atoms with Crippen molar-refractivity contribution in [2.45, 2.75) is 38.3 Å². The predicted octanol–water partition coefficient (Wildman–Crippen LogP) is 2.84. The van der Waals surface area contributed by atoms with E-state index in [-0.39, 0.29) is 5.91 Å². The van der Waals surface area contributed by atoms with Crippen molar-refractivity contribution in [1.82, 2.24) is 10.3 Å². The Hall–Kier alpha value is -2.56. The van der Waals surface area contributed by atoms with Gasteiger partial charge >= 0.3 is 0 Å². The number of amides is 1. The van der Waals surface area contributed by atoms with E-state index < -0.39 is 0 Å². The third-order valence-corrected chi connectivity index (χ3v) is 4.94. The third-order valence-electron chi connectivity index (χ3n) is 4.94. The number of para-hydroxylation sites is 1. The highest BCUT2D eigenvalue weighted by atomic mass is 16.1. The summed E-state index contributed by atoms with van der Waals surface area (Å²) >= 11 is 0. The number of nitrogens with zero attached hydrogens (tertiary/aromatic N) is 2. The number of pyridine rings is 1. The number of carbonyl (C=O) groups excluding carboxylic acids is 1. The summed E-state index contributed by atoms with van der Waals surface area (Å²) in [6, 6.07) is 13.3. The molecule has 2 heterocycles. The first-order chi connectivity index (χ1) is 12.2. The second kappa shape index (κ2) is 6.75. The van der Waals surface area contributed by atoms with Crippen molar-refractivity contribution in [2.24, 2.45) is 0 Å². The quantitative estimate of drug-likeness (QED) is 0.852. The summed E-state index contributed by atoms with van der Waals surface area (Å²) in [5.41, 5.74) is 3.29. The number of hydrogen-bond donors (Lipinski definition) is 2. The lowest BCUT2D eigenvalue weighted by atomic mass is 10.1. The molecule has 25 heavy (non-hydrogen) atoms. The van der Waals surface area contributed by atoms with Crippen LogP contribution >= 0.6 is 0 Å². The number of rotatable bonds is 6. The van der Waals surface area contributed by atoms with Gasteiger partial charge in [-0.1, -0.05) is 18.2 Å². The highest BCUT2D eigenvalue weighted by molar-refractivity contribution is 5.94. The molecule has 4 rings (SSSR count). The molecule has 0 radical (unpaired) electrons. The molecule has 5 nitrogen and oxygen atoms in total. The van der Waals surface area contributed by atoms with Gasteiger partial charge in [0.25, 0.3) is 5.91 Å². The highest BCUT2D eigenvalue weighted by Crippen LogP contribution is 2.31. The first kappa shape index (κ1) is 15.9. The molecular formula is C20H24N4O. The fourth-order valence-corrected chi connectivity index (χ4v) is 3.41. The van der Waals surface area contributed by atoms with Crippen molar-refractivity contribution in [2.75, 3.05) is 23.3 Å². The van der Waals surface area contributed by atoms with Gasteiger partial charge in [-0.25, -0.2) is 4.98 Å². The molecule has 1 fully saturated rings. The van der Waals surface area contributed by atoms with Crippen molar-refractivity contribution < 1.29 is 4.79 Å². The molecule has 1 aliphatic heterocycles. The Labute approximate surface area is 148 Å². The summed E-state index contributed by atoms with van der Waals surface area (Å²) in [5, 5.41) is 6.34. The second-order valence-corrected chi connectivity index (χ2v) is 6.98. The van der Waals surface area contributed by atoms with Crippen LogP contribution in [0.2, 0.25) is 0 Å². The Morgan fingerprint density at radius 2 is 2.08 bits per heavy atom. The van der Waals surface area contributed by atoms with Gasteiger partial charge in [-0.15, -0.1) is 0 Å². The van der Waals surface area contributed by atoms with Gasteiger partial charge in [-0.2, -0.15) is 0 Å². The Bertz CT molecular complexity index is 755. The molecule has 1 aromatic carbocycles. The minimum atomic E-state index is -0.0643. The first-order valence-electron chi connectivity index (χ1n) is 9.06. The summed E-state index contributed by atoms with van der Waals surface area (Å²) in [5.74, 6) is 0.784. The number of fused-ring (bicyclic) bond motifs is 1. The lowest BCUT2D eigenvalue weighted by Gasteiger charge is -2.25. The zero-order valence-electron chi connectivity index (χ0n) is 14.5. The van der Waals surface area contributed by atoms with Crippen molar-refractivity contribution in [3.8, 4) is 0 Å². The zero-order valence-corrected chi connectivity index (χ0v) is 14.5. The fourth-order valence-electron chi connectivity index (χ4n) is 3.41. The van der Waals surface area contributed by atoms with Gasteiger partial charge in [-0.3, -0.25) is 4.79 Å². The first-order valence-corrected chi connectivity index (χ1v) is 9.06. The molecular weight excluding hydrogens is 312 g/mol. The molecule has 1 saturated carbocycles. The molecule has 1 amide bonds. The smallest absolute Gasteiger partial charge is 0.252 e. The number of anilines is 2. The summed E-state index contributed by atoms with van der Waals surface area (Å²) in [6.07, 6.45) is 5.14. The highest BCUT2D eigenvalue weighted by Gasteiger charge is 2.25. The van der Waals surface area contributed by atoms with Gasteiger partial charge in [0.05, 0.1) is 5.56 Å². The molecule has 0 unspecified atom stereocenters. The standard InChI is InChI=1S/C20H24N4O/c1-14-12-15-4-2-3-5-18(15)24(14)11-10-21-20(25)16-6-9-19(22-13-16)23-17-7-8-17/h2-6,9,13-14,17H,7-8,10-12H2,1H3,(H,21,25)(H,22,23)/t14-/m0/s1. The summed E-state index contributed by atoms with van der Waals surface area (Å²) in [6.45, 7) is 3.68. The topological polar surface area (TPSA) is 57.3 Å². The number of benzene rings is 1. The number of aromatic nitrogens is 1. The maximum atomic E-state index is 12.3. The Morgan fingerprint density at radius 1 is 1.24 bits per heavy atom. The van der Waals surface area contributed by atoms with Crippen LogP contribution in [0.5, 0.6) is 0 Å². The lowest BCUT2D eigenvalue weighted by Crippen LogP contribution is -2.37. The Balaban J connectivity index is 1.30. The third kappa shape index (κ3) is 3.60. The lowest BCUT2D eigenvalue weighted by molar-refractivity contribution is 0.0954. The minimum Gasteiger partial charge on any atom is -0.367 e. The van der Waals surface area contributed by atoms with Crippen molar-refractivity contribution in [1.29, 1.82) is 0 Å². The van der Waals surface area contributed by atoms with Crippen LogP contribution in [0, 0.1) is 0 Å². The van der Waals surface area contributed by atoms with E-state index in [4.69, 9.17) is 0 Å². The SMILES string of the molecule is C[C@H]1Cc2ccccc2N1CCNC(=O)c1ccc(NC2CC2)nc1. The fraction of sp³-hybridized carbons (Fsp3) is 0.400. The molecule has 2 aliphatic rings. The molecule has 0 spiro atoms. The molecule has 5 heteroatoms. The normalized spacial score (nSPS) is 18.8. The summed E-state index contributed by atoms with van der Waals surface area (Å²) in [7, 11) is 0. The van der Waals surface area contributed by atoms with Crippen LogP contribution in [-0.4, -0.2) is 36.1 Å². The van der Waals surface area contributed by atoms with E-state index in [2.05, 4.69) is 51.7 Å². The number of carbonyl (C=O) groups is 1. The largest absolute Gasteiger partial charge is 0.367 e. The van der Waals surface area contributed by atoms with Gasteiger partial charge in [0.1, 0.15) is 5.82 Å². The van der Waals surface area contributed by atoms with Crippen LogP contribution in [0.1, 0.15) is 35.7 Å². The summed E-state index contributed by atoms with van der Waals surface area (Å²) in [4.78, 5) is 19.0. The van der Waals surface area contributed by atoms with Crippen molar-refractivity contribution in [3.63, 3.8) is 0 Å². The minimum absolute atomic E-state index is 0.0643. The maximum absolute atomic E-state index is 12.3. The molecule has 1 atom stereocenters. The monoisotopic (exact) mass is 336 g/mol. The molecule has 1 aromatic heterocycles. The van der Waals surface area contributed by atoms with Gasteiger partial charge in [0.2, 0.25) is 0 Å². The average Bonchev–Trinajstić information content (AvgIpc) is 3.38. The number of nitrogens with one attached hydrogen (secondary N) is 2. The van der Waals surface area contributed by atoms with Crippen LogP contribution in [0.15, 0.2) is 42.6 Å². The maximum Gasteiger partial charge on any atom is 0.252 e. The van der Waals surface area contributed by atoms with Gasteiger partial charge in [-0.05, 0) is 49.9 Å². The van der Waals surface area contributed by atoms with Crippen LogP contribution in [0.3, 0.4) is 0 Å². The summed E-state index contributed by atoms with van der Waals surface area (Å²) < 4.78 is 0. The Morgan fingerprint density at radius 3 is 2.84 bits per heavy atom. The van der Waals surface area contributed by atoms with Gasteiger partial charge < -0.3 is 15.5 Å². The van der Waals surface area contributed by atoms with E-state index in [1.165, 1.54) is 24.1 Å². The molecule has 1 aliphatic carbocycles. The van der Waals surface area contributed by atoms with E-state index >= 15 is 0 Å². The van der Waals surface area contributed by atoms with E-state index in [1.807, 2.05) is 12.1 Å². The van der Waals surface area contributed by atoms with E-state index in [1.54, 1.807) is 6.20 Å². The van der Waals surface area contributed by atoms with Gasteiger partial charge in [0.15, 0.2) is 0 Å². The van der Waals surface area contributed by atoms with Crippen LogP contribution in [-0.2, 0) is 6.42 Å². The van der Waals surface area contributed by atoms with Crippen LogP contribution in [0.4, 0.5) is 11.5 Å². The average molecular weight is 336 g/mol. The van der Waals surface area contributed by atoms with Gasteiger partial charge in [0, 0.05) is 37.1 Å². The molecule has 0 bridgehead atoms. The van der Waals surface area contributed by atoms with Crippen molar-refractivity contribution >= 4 is 17.4 Å². The second-order valence-electron chi connectivity index (χ2n) is 6.98. The molecule has 2 aromatic rings. The van der Waals surface area contributed by atoms with E-state index in [0.717, 1.165) is 18.8 Å². The van der Waals surface area contributed by atoms with Crippen LogP contribution < -0.4 is 15.5 Å². The van der Waals surface area contributed by atoms with Crippen LogP contribution in [0.25, 0.3) is 0 Å². The Kier molecular flexibility index (Phi) is 4.30. The van der Waals surface area contributed by atoms with E-state index in [0.29, 0.717) is 24.2 Å².